The first-order chi connectivity index (χ1) is 7.91. The fourth-order valence-electron chi connectivity index (χ4n) is 1.93. The highest BCUT2D eigenvalue weighted by Crippen LogP contribution is 2.41. The fourth-order valence-corrected chi connectivity index (χ4v) is 3.65. The van der Waals surface area contributed by atoms with Gasteiger partial charge in [0.2, 0.25) is 0 Å². The highest BCUT2D eigenvalue weighted by Gasteiger charge is 2.22. The Bertz CT molecular complexity index is 535. The molecular formula is C13H14Cl2OS. The molecule has 0 saturated heterocycles. The van der Waals surface area contributed by atoms with E-state index >= 15 is 0 Å². The lowest BCUT2D eigenvalue weighted by Gasteiger charge is -2.07. The van der Waals surface area contributed by atoms with Gasteiger partial charge in [-0.2, -0.15) is 0 Å². The molecule has 0 aliphatic rings. The second kappa shape index (κ2) is 4.68. The maximum absolute atomic E-state index is 6.53. The Balaban J connectivity index is 2.46. The first-order valence-corrected chi connectivity index (χ1v) is 7.01. The number of hydrogen-bond donors (Lipinski definition) is 0. The summed E-state index contributed by atoms with van der Waals surface area (Å²) in [7, 11) is 0. The first-order valence-electron chi connectivity index (χ1n) is 5.38. The molecule has 0 spiro atoms. The number of rotatable bonds is 2. The molecule has 1 atom stereocenters. The number of alkyl halides is 1. The summed E-state index contributed by atoms with van der Waals surface area (Å²) >= 11 is 14.2. The Morgan fingerprint density at radius 1 is 1.18 bits per heavy atom. The number of furan rings is 1. The second-order valence-electron chi connectivity index (χ2n) is 4.22. The van der Waals surface area contributed by atoms with Gasteiger partial charge in [0.1, 0.15) is 11.5 Å². The molecule has 2 aromatic heterocycles. The van der Waals surface area contributed by atoms with Gasteiger partial charge in [-0.1, -0.05) is 11.6 Å². The van der Waals surface area contributed by atoms with Crippen molar-refractivity contribution in [3.05, 3.63) is 43.5 Å². The summed E-state index contributed by atoms with van der Waals surface area (Å²) in [5, 5.41) is -0.177. The van der Waals surface area contributed by atoms with Crippen molar-refractivity contribution < 1.29 is 4.42 Å². The average Bonchev–Trinajstić information content (AvgIpc) is 2.70. The van der Waals surface area contributed by atoms with Gasteiger partial charge in [-0.05, 0) is 44.9 Å². The minimum Gasteiger partial charge on any atom is -0.466 e. The van der Waals surface area contributed by atoms with Crippen LogP contribution in [0.15, 0.2) is 10.5 Å². The van der Waals surface area contributed by atoms with Gasteiger partial charge in [0.15, 0.2) is 0 Å². The topological polar surface area (TPSA) is 13.1 Å². The van der Waals surface area contributed by atoms with Crippen LogP contribution < -0.4 is 0 Å². The normalized spacial score (nSPS) is 13.1. The van der Waals surface area contributed by atoms with Crippen LogP contribution in [0.3, 0.4) is 0 Å². The van der Waals surface area contributed by atoms with E-state index in [1.165, 1.54) is 11.3 Å². The van der Waals surface area contributed by atoms with Crippen molar-refractivity contribution in [3.63, 3.8) is 0 Å². The quantitative estimate of drug-likeness (QED) is 0.660. The molecular weight excluding hydrogens is 275 g/mol. The van der Waals surface area contributed by atoms with Crippen molar-refractivity contribution in [2.45, 2.75) is 33.1 Å². The van der Waals surface area contributed by atoms with Gasteiger partial charge in [-0.25, -0.2) is 0 Å². The van der Waals surface area contributed by atoms with E-state index in [-0.39, 0.29) is 5.38 Å². The Kier molecular flexibility index (Phi) is 3.58. The lowest BCUT2D eigenvalue weighted by molar-refractivity contribution is 0.500. The summed E-state index contributed by atoms with van der Waals surface area (Å²) in [5.41, 5.74) is 3.28. The third kappa shape index (κ3) is 2.26. The zero-order valence-electron chi connectivity index (χ0n) is 10.2. The van der Waals surface area contributed by atoms with Crippen molar-refractivity contribution in [1.29, 1.82) is 0 Å². The van der Waals surface area contributed by atoms with Crippen molar-refractivity contribution >= 4 is 34.5 Å². The van der Waals surface area contributed by atoms with Crippen LogP contribution in [0.2, 0.25) is 4.34 Å². The molecule has 1 nitrogen and oxygen atoms in total. The largest absolute Gasteiger partial charge is 0.466 e. The molecule has 0 bridgehead atoms. The van der Waals surface area contributed by atoms with Gasteiger partial charge in [-0.15, -0.1) is 22.9 Å². The standard InChI is InChI=1S/C13H14Cl2OS/c1-6-5-10(17-13(6)15)12(14)11-7(2)8(3)16-9(11)4/h5,12H,1-4H3. The minimum absolute atomic E-state index is 0.177. The zero-order chi connectivity index (χ0) is 12.7. The Hall–Kier alpha value is -0.440. The van der Waals surface area contributed by atoms with Crippen LogP contribution in [0.1, 0.15) is 38.5 Å². The molecule has 4 heteroatoms. The van der Waals surface area contributed by atoms with Gasteiger partial charge < -0.3 is 4.42 Å². The fraction of sp³-hybridized carbons (Fsp3) is 0.385. The van der Waals surface area contributed by atoms with E-state index in [4.69, 9.17) is 27.6 Å². The van der Waals surface area contributed by atoms with E-state index in [0.29, 0.717) is 0 Å². The smallest absolute Gasteiger partial charge is 0.106 e. The second-order valence-corrected chi connectivity index (χ2v) is 6.34. The summed E-state index contributed by atoms with van der Waals surface area (Å²) in [6, 6.07) is 2.05. The van der Waals surface area contributed by atoms with Crippen LogP contribution in [0, 0.1) is 27.7 Å². The maximum atomic E-state index is 6.53. The number of aryl methyl sites for hydroxylation is 3. The predicted molar refractivity (Wildman–Crippen MR) is 74.7 cm³/mol. The van der Waals surface area contributed by atoms with E-state index < -0.39 is 0 Å². The molecule has 0 fully saturated rings. The van der Waals surface area contributed by atoms with Crippen LogP contribution in [-0.2, 0) is 0 Å². The molecule has 0 radical (unpaired) electrons. The lowest BCUT2D eigenvalue weighted by Crippen LogP contribution is -1.93. The molecule has 0 saturated carbocycles. The van der Waals surface area contributed by atoms with Gasteiger partial charge in [0.05, 0.1) is 9.71 Å². The van der Waals surface area contributed by atoms with E-state index in [0.717, 1.165) is 37.4 Å². The van der Waals surface area contributed by atoms with Crippen molar-refractivity contribution in [2.24, 2.45) is 0 Å². The molecule has 0 amide bonds. The Morgan fingerprint density at radius 2 is 1.82 bits per heavy atom. The summed E-state index contributed by atoms with van der Waals surface area (Å²) < 4.78 is 6.42. The van der Waals surface area contributed by atoms with Gasteiger partial charge in [0.25, 0.3) is 0 Å². The number of hydrogen-bond acceptors (Lipinski definition) is 2. The molecule has 2 rings (SSSR count). The van der Waals surface area contributed by atoms with E-state index in [2.05, 4.69) is 0 Å². The van der Waals surface area contributed by atoms with E-state index in [1.54, 1.807) is 0 Å². The molecule has 17 heavy (non-hydrogen) atoms. The lowest BCUT2D eigenvalue weighted by atomic mass is 10.1. The Labute approximate surface area is 115 Å². The molecule has 2 aromatic rings. The van der Waals surface area contributed by atoms with Crippen molar-refractivity contribution in [1.82, 2.24) is 0 Å². The molecule has 0 N–H and O–H groups in total. The highest BCUT2D eigenvalue weighted by molar-refractivity contribution is 7.16. The highest BCUT2D eigenvalue weighted by atomic mass is 35.5. The maximum Gasteiger partial charge on any atom is 0.106 e. The van der Waals surface area contributed by atoms with Crippen LogP contribution >= 0.6 is 34.5 Å². The van der Waals surface area contributed by atoms with Gasteiger partial charge in [0, 0.05) is 10.4 Å². The molecule has 92 valence electrons. The zero-order valence-corrected chi connectivity index (χ0v) is 12.6. The minimum atomic E-state index is -0.177. The van der Waals surface area contributed by atoms with Crippen LogP contribution in [0.5, 0.6) is 0 Å². The number of halogens is 2. The summed E-state index contributed by atoms with van der Waals surface area (Å²) in [4.78, 5) is 1.07. The van der Waals surface area contributed by atoms with E-state index in [1.807, 2.05) is 33.8 Å². The van der Waals surface area contributed by atoms with Crippen LogP contribution in [-0.4, -0.2) is 0 Å². The van der Waals surface area contributed by atoms with Crippen molar-refractivity contribution in [2.75, 3.05) is 0 Å². The molecule has 0 aliphatic heterocycles. The summed E-state index contributed by atoms with van der Waals surface area (Å²) in [6.07, 6.45) is 0. The van der Waals surface area contributed by atoms with Crippen LogP contribution in [0.25, 0.3) is 0 Å². The predicted octanol–water partition coefficient (Wildman–Crippen LogP) is 5.56. The van der Waals surface area contributed by atoms with Crippen molar-refractivity contribution in [3.8, 4) is 0 Å². The summed E-state index contributed by atoms with van der Waals surface area (Å²) in [5.74, 6) is 1.82. The van der Waals surface area contributed by atoms with E-state index in [9.17, 15) is 0 Å². The SMILES string of the molecule is Cc1cc(C(Cl)c2c(C)oc(C)c2C)sc1Cl. The molecule has 0 aromatic carbocycles. The number of thiophene rings is 1. The Morgan fingerprint density at radius 3 is 2.24 bits per heavy atom. The molecule has 2 heterocycles. The summed E-state index contributed by atoms with van der Waals surface area (Å²) in [6.45, 7) is 7.94. The molecule has 0 aliphatic carbocycles. The third-order valence-electron chi connectivity index (χ3n) is 3.00. The molecule has 1 unspecified atom stereocenters. The first kappa shape index (κ1) is 13.0. The van der Waals surface area contributed by atoms with Gasteiger partial charge >= 0.3 is 0 Å². The monoisotopic (exact) mass is 288 g/mol. The van der Waals surface area contributed by atoms with Crippen LogP contribution in [0.4, 0.5) is 0 Å². The van der Waals surface area contributed by atoms with Gasteiger partial charge in [-0.3, -0.25) is 0 Å². The third-order valence-corrected chi connectivity index (χ3v) is 5.20. The average molecular weight is 289 g/mol.